The van der Waals surface area contributed by atoms with Crippen LogP contribution >= 0.6 is 0 Å². The van der Waals surface area contributed by atoms with Crippen molar-refractivity contribution in [1.29, 1.82) is 0 Å². The first kappa shape index (κ1) is 13.9. The fourth-order valence-corrected chi connectivity index (χ4v) is 1.99. The van der Waals surface area contributed by atoms with Gasteiger partial charge in [0.1, 0.15) is 6.61 Å². The number of esters is 1. The molecule has 102 valence electrons. The molecule has 0 spiro atoms. The molecule has 0 aromatic heterocycles. The van der Waals surface area contributed by atoms with Crippen LogP contribution in [0.25, 0.3) is 5.57 Å². The molecule has 1 saturated carbocycles. The molecule has 2 nitrogen and oxygen atoms in total. The third kappa shape index (κ3) is 4.90. The number of carbonyl (C=O) groups is 1. The highest BCUT2D eigenvalue weighted by molar-refractivity contribution is 5.70. The fraction of sp³-hybridized carbons (Fsp3) is 0.471. The lowest BCUT2D eigenvalue weighted by Gasteiger charge is -2.04. The zero-order valence-corrected chi connectivity index (χ0v) is 11.8. The summed E-state index contributed by atoms with van der Waals surface area (Å²) in [6, 6.07) is 8.37. The molecule has 0 aliphatic heterocycles. The molecule has 1 aromatic rings. The van der Waals surface area contributed by atoms with E-state index in [1.54, 1.807) is 0 Å². The SMILES string of the molecule is C/C(=C\COC(=O)CCC1CC1)c1ccc(C)cc1. The van der Waals surface area contributed by atoms with Crippen LogP contribution in [-0.2, 0) is 9.53 Å². The van der Waals surface area contributed by atoms with Crippen molar-refractivity contribution in [2.24, 2.45) is 5.92 Å². The van der Waals surface area contributed by atoms with E-state index in [1.807, 2.05) is 13.0 Å². The van der Waals surface area contributed by atoms with Crippen molar-refractivity contribution < 1.29 is 9.53 Å². The standard InChI is InChI=1S/C17H22O2/c1-13-3-8-16(9-4-13)14(2)11-12-19-17(18)10-7-15-5-6-15/h3-4,8-9,11,15H,5-7,10,12H2,1-2H3/b14-11+. The topological polar surface area (TPSA) is 26.3 Å². The summed E-state index contributed by atoms with van der Waals surface area (Å²) in [6.45, 7) is 4.50. The first-order valence-corrected chi connectivity index (χ1v) is 7.04. The molecule has 0 amide bonds. The van der Waals surface area contributed by atoms with E-state index in [9.17, 15) is 4.79 Å². The summed E-state index contributed by atoms with van der Waals surface area (Å²) in [7, 11) is 0. The van der Waals surface area contributed by atoms with Crippen molar-refractivity contribution in [3.05, 3.63) is 41.5 Å². The second-order valence-corrected chi connectivity index (χ2v) is 5.42. The van der Waals surface area contributed by atoms with E-state index in [1.165, 1.54) is 24.0 Å². The largest absolute Gasteiger partial charge is 0.461 e. The van der Waals surface area contributed by atoms with Crippen molar-refractivity contribution in [3.63, 3.8) is 0 Å². The van der Waals surface area contributed by atoms with E-state index in [2.05, 4.69) is 31.2 Å². The molecule has 19 heavy (non-hydrogen) atoms. The minimum Gasteiger partial charge on any atom is -0.461 e. The number of benzene rings is 1. The molecular formula is C17H22O2. The highest BCUT2D eigenvalue weighted by Gasteiger charge is 2.22. The first-order valence-electron chi connectivity index (χ1n) is 7.04. The molecule has 0 atom stereocenters. The average molecular weight is 258 g/mol. The van der Waals surface area contributed by atoms with Crippen LogP contribution < -0.4 is 0 Å². The van der Waals surface area contributed by atoms with Gasteiger partial charge < -0.3 is 4.74 Å². The van der Waals surface area contributed by atoms with Gasteiger partial charge in [0, 0.05) is 6.42 Å². The van der Waals surface area contributed by atoms with Crippen LogP contribution in [0.15, 0.2) is 30.3 Å². The number of aryl methyl sites for hydroxylation is 1. The van der Waals surface area contributed by atoms with E-state index in [0.717, 1.165) is 17.9 Å². The van der Waals surface area contributed by atoms with E-state index in [-0.39, 0.29) is 5.97 Å². The second-order valence-electron chi connectivity index (χ2n) is 5.42. The number of hydrogen-bond acceptors (Lipinski definition) is 2. The Morgan fingerprint density at radius 2 is 2.00 bits per heavy atom. The Labute approximate surface area is 115 Å². The Hall–Kier alpha value is -1.57. The molecule has 0 radical (unpaired) electrons. The second kappa shape index (κ2) is 6.55. The van der Waals surface area contributed by atoms with Gasteiger partial charge in [-0.05, 0) is 43.4 Å². The van der Waals surface area contributed by atoms with Gasteiger partial charge in [0.2, 0.25) is 0 Å². The zero-order valence-electron chi connectivity index (χ0n) is 11.8. The van der Waals surface area contributed by atoms with E-state index >= 15 is 0 Å². The lowest BCUT2D eigenvalue weighted by atomic mass is 10.1. The fourth-order valence-electron chi connectivity index (χ4n) is 1.99. The minimum absolute atomic E-state index is 0.0696. The molecule has 0 unspecified atom stereocenters. The van der Waals surface area contributed by atoms with Gasteiger partial charge in [-0.15, -0.1) is 0 Å². The smallest absolute Gasteiger partial charge is 0.306 e. The van der Waals surface area contributed by atoms with Gasteiger partial charge >= 0.3 is 5.97 Å². The molecule has 0 bridgehead atoms. The van der Waals surface area contributed by atoms with Gasteiger partial charge in [0.25, 0.3) is 0 Å². The summed E-state index contributed by atoms with van der Waals surface area (Å²) in [5.41, 5.74) is 3.58. The average Bonchev–Trinajstić information content (AvgIpc) is 3.21. The summed E-state index contributed by atoms with van der Waals surface area (Å²) in [6.07, 6.45) is 6.13. The highest BCUT2D eigenvalue weighted by atomic mass is 16.5. The van der Waals surface area contributed by atoms with Gasteiger partial charge in [0.05, 0.1) is 0 Å². The number of ether oxygens (including phenoxy) is 1. The summed E-state index contributed by atoms with van der Waals surface area (Å²) < 4.78 is 5.22. The van der Waals surface area contributed by atoms with Crippen LogP contribution in [0.2, 0.25) is 0 Å². The predicted octanol–water partition coefficient (Wildman–Crippen LogP) is 4.13. The van der Waals surface area contributed by atoms with Gasteiger partial charge in [-0.25, -0.2) is 0 Å². The molecule has 0 saturated heterocycles. The summed E-state index contributed by atoms with van der Waals surface area (Å²) >= 11 is 0. The summed E-state index contributed by atoms with van der Waals surface area (Å²) in [5.74, 6) is 0.720. The van der Waals surface area contributed by atoms with Crippen molar-refractivity contribution in [2.75, 3.05) is 6.61 Å². The van der Waals surface area contributed by atoms with Gasteiger partial charge in [-0.1, -0.05) is 42.7 Å². The molecule has 1 aliphatic carbocycles. The third-order valence-electron chi connectivity index (χ3n) is 3.59. The Bertz CT molecular complexity index is 453. The zero-order chi connectivity index (χ0) is 13.7. The van der Waals surface area contributed by atoms with Gasteiger partial charge in [-0.2, -0.15) is 0 Å². The van der Waals surface area contributed by atoms with Crippen molar-refractivity contribution in [2.45, 2.75) is 39.5 Å². The molecule has 1 aromatic carbocycles. The first-order chi connectivity index (χ1) is 9.15. The lowest BCUT2D eigenvalue weighted by Crippen LogP contribution is -2.04. The monoisotopic (exact) mass is 258 g/mol. The van der Waals surface area contributed by atoms with E-state index < -0.39 is 0 Å². The van der Waals surface area contributed by atoms with Crippen LogP contribution in [0.5, 0.6) is 0 Å². The van der Waals surface area contributed by atoms with E-state index in [0.29, 0.717) is 13.0 Å². The van der Waals surface area contributed by atoms with Crippen LogP contribution in [0.1, 0.15) is 43.7 Å². The number of hydrogen-bond donors (Lipinski definition) is 0. The van der Waals surface area contributed by atoms with Crippen molar-refractivity contribution in [1.82, 2.24) is 0 Å². The lowest BCUT2D eigenvalue weighted by molar-refractivity contribution is -0.142. The third-order valence-corrected chi connectivity index (χ3v) is 3.59. The van der Waals surface area contributed by atoms with Crippen LogP contribution in [0.4, 0.5) is 0 Å². The van der Waals surface area contributed by atoms with Gasteiger partial charge in [-0.3, -0.25) is 4.79 Å². The molecular weight excluding hydrogens is 236 g/mol. The summed E-state index contributed by atoms with van der Waals surface area (Å²) in [5, 5.41) is 0. The summed E-state index contributed by atoms with van der Waals surface area (Å²) in [4.78, 5) is 11.5. The van der Waals surface area contributed by atoms with Crippen molar-refractivity contribution in [3.8, 4) is 0 Å². The van der Waals surface area contributed by atoms with Gasteiger partial charge in [0.15, 0.2) is 0 Å². The van der Waals surface area contributed by atoms with Crippen LogP contribution in [-0.4, -0.2) is 12.6 Å². The predicted molar refractivity (Wildman–Crippen MR) is 77.7 cm³/mol. The molecule has 1 aliphatic rings. The molecule has 0 N–H and O–H groups in total. The molecule has 2 heteroatoms. The number of rotatable bonds is 6. The maximum absolute atomic E-state index is 11.5. The molecule has 1 fully saturated rings. The minimum atomic E-state index is -0.0696. The highest BCUT2D eigenvalue weighted by Crippen LogP contribution is 2.33. The maximum Gasteiger partial charge on any atom is 0.306 e. The van der Waals surface area contributed by atoms with Crippen molar-refractivity contribution >= 4 is 11.5 Å². The normalized spacial score (nSPS) is 15.4. The number of allylic oxidation sites excluding steroid dienone is 1. The Morgan fingerprint density at radius 3 is 2.63 bits per heavy atom. The number of carbonyl (C=O) groups excluding carboxylic acids is 1. The quantitative estimate of drug-likeness (QED) is 0.717. The molecule has 0 heterocycles. The Balaban J connectivity index is 1.74. The maximum atomic E-state index is 11.5. The van der Waals surface area contributed by atoms with E-state index in [4.69, 9.17) is 4.74 Å². The van der Waals surface area contributed by atoms with Crippen LogP contribution in [0.3, 0.4) is 0 Å². The Kier molecular flexibility index (Phi) is 4.78. The van der Waals surface area contributed by atoms with Crippen LogP contribution in [0, 0.1) is 12.8 Å². The Morgan fingerprint density at radius 1 is 1.32 bits per heavy atom. The molecule has 2 rings (SSSR count).